The molecule has 0 aromatic rings. The Bertz CT molecular complexity index is 573. The highest BCUT2D eigenvalue weighted by atomic mass is 16.5. The first-order valence-electron chi connectivity index (χ1n) is 8.98. The lowest BCUT2D eigenvalue weighted by molar-refractivity contribution is -0.151. The van der Waals surface area contributed by atoms with Gasteiger partial charge in [0.1, 0.15) is 0 Å². The number of carboxylic acids is 1. The van der Waals surface area contributed by atoms with Crippen LogP contribution in [0.3, 0.4) is 0 Å². The van der Waals surface area contributed by atoms with Crippen molar-refractivity contribution in [1.82, 2.24) is 5.32 Å². The van der Waals surface area contributed by atoms with E-state index in [1.807, 2.05) is 0 Å². The largest absolute Gasteiger partial charge is 0.481 e. The molecule has 1 amide bonds. The molecule has 8 heteroatoms. The number of methoxy groups -OCH3 is 1. The van der Waals surface area contributed by atoms with Gasteiger partial charge in [-0.2, -0.15) is 0 Å². The van der Waals surface area contributed by atoms with Gasteiger partial charge in [0.15, 0.2) is 6.04 Å². The third kappa shape index (κ3) is 4.01. The average molecular weight is 370 g/mol. The second kappa shape index (κ2) is 7.52. The molecule has 0 saturated heterocycles. The highest BCUT2D eigenvalue weighted by Crippen LogP contribution is 2.63. The first-order valence-corrected chi connectivity index (χ1v) is 8.98. The number of fused-ring (bicyclic) bond motifs is 2. The Morgan fingerprint density at radius 2 is 1.96 bits per heavy atom. The Morgan fingerprint density at radius 3 is 2.46 bits per heavy atom. The molecule has 148 valence electrons. The van der Waals surface area contributed by atoms with E-state index in [0.29, 0.717) is 5.92 Å². The van der Waals surface area contributed by atoms with Crippen molar-refractivity contribution in [2.24, 2.45) is 22.5 Å². The Hall–Kier alpha value is -1.67. The maximum Gasteiger partial charge on any atom is 0.330 e. The molecule has 3 unspecified atom stereocenters. The standard InChI is InChI=1S/C18H30N2O6/c1-17(2)10-5-6-18(3,8-10)16(17)26-9-12(15(24)25-4)20-14(23)11(19)7-13(21)22/h10-12,16H,5-9,19H2,1-4H3,(H,20,23)(H,21,22)/t10?,11-,12-,16?,18?/m0/s1. The minimum Gasteiger partial charge on any atom is -0.481 e. The Balaban J connectivity index is 2.01. The first-order chi connectivity index (χ1) is 12.0. The van der Waals surface area contributed by atoms with Crippen molar-refractivity contribution >= 4 is 17.8 Å². The molecule has 2 fully saturated rings. The monoisotopic (exact) mass is 370 g/mol. The SMILES string of the molecule is COC(=O)[C@H](COC1C2(C)CCC(C2)C1(C)C)NC(=O)[C@@H](N)CC(=O)O. The molecule has 2 bridgehead atoms. The summed E-state index contributed by atoms with van der Waals surface area (Å²) in [7, 11) is 1.22. The summed E-state index contributed by atoms with van der Waals surface area (Å²) in [5.74, 6) is -1.96. The van der Waals surface area contributed by atoms with E-state index in [4.69, 9.17) is 20.3 Å². The minimum absolute atomic E-state index is 0.00259. The van der Waals surface area contributed by atoms with Crippen molar-refractivity contribution in [3.63, 3.8) is 0 Å². The minimum atomic E-state index is -1.24. The topological polar surface area (TPSA) is 128 Å². The van der Waals surface area contributed by atoms with Crippen molar-refractivity contribution in [1.29, 1.82) is 0 Å². The van der Waals surface area contributed by atoms with Gasteiger partial charge in [-0.15, -0.1) is 0 Å². The molecule has 26 heavy (non-hydrogen) atoms. The molecular formula is C18H30N2O6. The van der Waals surface area contributed by atoms with E-state index in [9.17, 15) is 14.4 Å². The maximum absolute atomic E-state index is 12.1. The van der Waals surface area contributed by atoms with Crippen LogP contribution in [0, 0.1) is 16.7 Å². The summed E-state index contributed by atoms with van der Waals surface area (Å²) in [5, 5.41) is 11.2. The maximum atomic E-state index is 12.1. The molecule has 0 aliphatic heterocycles. The van der Waals surface area contributed by atoms with E-state index in [-0.39, 0.29) is 23.5 Å². The molecule has 2 aliphatic rings. The fraction of sp³-hybridized carbons (Fsp3) is 0.833. The molecule has 0 aromatic carbocycles. The van der Waals surface area contributed by atoms with Gasteiger partial charge in [0.05, 0.1) is 32.3 Å². The van der Waals surface area contributed by atoms with Gasteiger partial charge in [0.25, 0.3) is 0 Å². The van der Waals surface area contributed by atoms with E-state index in [1.54, 1.807) is 0 Å². The van der Waals surface area contributed by atoms with E-state index in [0.717, 1.165) is 12.8 Å². The molecule has 2 rings (SSSR count). The quantitative estimate of drug-likeness (QED) is 0.536. The summed E-state index contributed by atoms with van der Waals surface area (Å²) < 4.78 is 10.9. The van der Waals surface area contributed by atoms with E-state index < -0.39 is 36.4 Å². The van der Waals surface area contributed by atoms with E-state index in [1.165, 1.54) is 13.5 Å². The van der Waals surface area contributed by atoms with Crippen LogP contribution in [0.4, 0.5) is 0 Å². The highest BCUT2D eigenvalue weighted by Gasteiger charge is 2.60. The van der Waals surface area contributed by atoms with Crippen LogP contribution in [-0.4, -0.2) is 54.9 Å². The molecule has 0 aromatic heterocycles. The number of nitrogens with two attached hydrogens (primary N) is 1. The number of aliphatic carboxylic acids is 1. The summed E-state index contributed by atoms with van der Waals surface area (Å²) in [6.45, 7) is 6.54. The second-order valence-corrected chi connectivity index (χ2v) is 8.42. The Kier molecular flexibility index (Phi) is 5.97. The molecule has 0 radical (unpaired) electrons. The molecule has 4 N–H and O–H groups in total. The third-order valence-corrected chi connectivity index (χ3v) is 6.10. The van der Waals surface area contributed by atoms with Crippen molar-refractivity contribution in [3.05, 3.63) is 0 Å². The number of hydrogen-bond donors (Lipinski definition) is 3. The molecule has 8 nitrogen and oxygen atoms in total. The lowest BCUT2D eigenvalue weighted by atomic mass is 9.70. The van der Waals surface area contributed by atoms with E-state index in [2.05, 4.69) is 26.1 Å². The number of hydrogen-bond acceptors (Lipinski definition) is 6. The molecule has 2 aliphatic carbocycles. The summed E-state index contributed by atoms with van der Waals surface area (Å²) in [6, 6.07) is -2.26. The summed E-state index contributed by atoms with van der Waals surface area (Å²) in [5.41, 5.74) is 5.62. The van der Waals surface area contributed by atoms with Crippen molar-refractivity contribution < 1.29 is 29.0 Å². The lowest BCUT2D eigenvalue weighted by Gasteiger charge is -2.42. The van der Waals surface area contributed by atoms with Gasteiger partial charge in [-0.1, -0.05) is 20.8 Å². The summed E-state index contributed by atoms with van der Waals surface area (Å²) >= 11 is 0. The Labute approximate surface area is 153 Å². The number of rotatable bonds is 8. The molecular weight excluding hydrogens is 340 g/mol. The number of carbonyl (C=O) groups excluding carboxylic acids is 2. The Morgan fingerprint density at radius 1 is 1.31 bits per heavy atom. The highest BCUT2D eigenvalue weighted by molar-refractivity contribution is 5.89. The van der Waals surface area contributed by atoms with Crippen LogP contribution < -0.4 is 11.1 Å². The zero-order valence-electron chi connectivity index (χ0n) is 15.9. The first kappa shape index (κ1) is 20.6. The molecule has 0 spiro atoms. The van der Waals surface area contributed by atoms with Gasteiger partial charge in [-0.25, -0.2) is 4.79 Å². The smallest absolute Gasteiger partial charge is 0.330 e. The summed E-state index contributed by atoms with van der Waals surface area (Å²) in [4.78, 5) is 34.8. The molecule has 2 saturated carbocycles. The van der Waals surface area contributed by atoms with Crippen LogP contribution in [-0.2, 0) is 23.9 Å². The van der Waals surface area contributed by atoms with Gasteiger partial charge in [-0.05, 0) is 36.0 Å². The van der Waals surface area contributed by atoms with Gasteiger partial charge < -0.3 is 25.6 Å². The fourth-order valence-electron chi connectivity index (χ4n) is 4.74. The lowest BCUT2D eigenvalue weighted by Crippen LogP contribution is -2.53. The van der Waals surface area contributed by atoms with Crippen LogP contribution >= 0.6 is 0 Å². The van der Waals surface area contributed by atoms with E-state index >= 15 is 0 Å². The van der Waals surface area contributed by atoms with Gasteiger partial charge in [0, 0.05) is 0 Å². The molecule has 5 atom stereocenters. The van der Waals surface area contributed by atoms with Crippen molar-refractivity contribution in [2.45, 2.75) is 64.6 Å². The predicted octanol–water partition coefficient (Wildman–Crippen LogP) is 0.678. The van der Waals surface area contributed by atoms with Crippen LogP contribution in [0.15, 0.2) is 0 Å². The van der Waals surface area contributed by atoms with Crippen LogP contribution in [0.5, 0.6) is 0 Å². The van der Waals surface area contributed by atoms with Crippen LogP contribution in [0.25, 0.3) is 0 Å². The van der Waals surface area contributed by atoms with Crippen LogP contribution in [0.2, 0.25) is 0 Å². The normalized spacial score (nSPS) is 31.3. The number of nitrogens with one attached hydrogen (secondary N) is 1. The van der Waals surface area contributed by atoms with Crippen molar-refractivity contribution in [2.75, 3.05) is 13.7 Å². The second-order valence-electron chi connectivity index (χ2n) is 8.42. The predicted molar refractivity (Wildman–Crippen MR) is 93.1 cm³/mol. The number of carboxylic acid groups (broad SMARTS) is 1. The zero-order chi connectivity index (χ0) is 19.7. The van der Waals surface area contributed by atoms with Gasteiger partial charge in [-0.3, -0.25) is 9.59 Å². The van der Waals surface area contributed by atoms with Crippen molar-refractivity contribution in [3.8, 4) is 0 Å². The number of esters is 1. The average Bonchev–Trinajstić information content (AvgIpc) is 3.02. The zero-order valence-corrected chi connectivity index (χ0v) is 15.9. The number of carbonyl (C=O) groups is 3. The third-order valence-electron chi connectivity index (χ3n) is 6.10. The van der Waals surface area contributed by atoms with Crippen LogP contribution in [0.1, 0.15) is 46.5 Å². The van der Waals surface area contributed by atoms with Gasteiger partial charge >= 0.3 is 11.9 Å². The summed E-state index contributed by atoms with van der Waals surface area (Å²) in [6.07, 6.45) is 2.83. The number of ether oxygens (including phenoxy) is 2. The molecule has 0 heterocycles. The fourth-order valence-corrected chi connectivity index (χ4v) is 4.74. The number of amides is 1. The van der Waals surface area contributed by atoms with Gasteiger partial charge in [0.2, 0.25) is 5.91 Å².